The average molecular weight is 340 g/mol. The number of nitrogens with zero attached hydrogens (tertiary/aromatic N) is 1. The number of nitrogens with one attached hydrogen (secondary N) is 1. The number of rotatable bonds is 3. The minimum atomic E-state index is -0.167. The van der Waals surface area contributed by atoms with Crippen LogP contribution in [0.1, 0.15) is 34.0 Å². The quantitative estimate of drug-likeness (QED) is 0.843. The second-order valence-corrected chi connectivity index (χ2v) is 6.01. The molecule has 0 aliphatic carbocycles. The van der Waals surface area contributed by atoms with E-state index in [1.807, 2.05) is 19.2 Å². The lowest BCUT2D eigenvalue weighted by Crippen LogP contribution is -2.27. The molecule has 1 aromatic heterocycles. The lowest BCUT2D eigenvalue weighted by atomic mass is 10.2. The van der Waals surface area contributed by atoms with Crippen molar-refractivity contribution in [3.63, 3.8) is 0 Å². The summed E-state index contributed by atoms with van der Waals surface area (Å²) in [5, 5.41) is 5.78. The van der Waals surface area contributed by atoms with Gasteiger partial charge in [-0.2, -0.15) is 0 Å². The molecule has 0 fully saturated rings. The van der Waals surface area contributed by atoms with Crippen molar-refractivity contribution in [3.8, 4) is 0 Å². The van der Waals surface area contributed by atoms with E-state index in [1.54, 1.807) is 18.2 Å². The fourth-order valence-electron chi connectivity index (χ4n) is 1.62. The first-order valence-electron chi connectivity index (χ1n) is 5.75. The molecule has 2 rings (SSSR count). The zero-order valence-corrected chi connectivity index (χ0v) is 13.0. The lowest BCUT2D eigenvalue weighted by Gasteiger charge is -2.12. The number of halogens is 1. The number of benzene rings is 1. The highest BCUT2D eigenvalue weighted by molar-refractivity contribution is 9.10. The maximum Gasteiger partial charge on any atom is 0.253 e. The third kappa shape index (κ3) is 3.33. The molecular weight excluding hydrogens is 326 g/mol. The van der Waals surface area contributed by atoms with Crippen molar-refractivity contribution in [2.24, 2.45) is 0 Å². The van der Waals surface area contributed by atoms with Gasteiger partial charge in [0.15, 0.2) is 0 Å². The molecule has 3 N–H and O–H groups in total. The van der Waals surface area contributed by atoms with Gasteiger partial charge in [0, 0.05) is 21.2 Å². The zero-order chi connectivity index (χ0) is 14.0. The summed E-state index contributed by atoms with van der Waals surface area (Å²) in [6.07, 6.45) is 0. The van der Waals surface area contributed by atoms with Crippen LogP contribution in [0.3, 0.4) is 0 Å². The van der Waals surface area contributed by atoms with Gasteiger partial charge in [-0.05, 0) is 48.0 Å². The van der Waals surface area contributed by atoms with Crippen molar-refractivity contribution in [3.05, 3.63) is 44.3 Å². The van der Waals surface area contributed by atoms with E-state index in [2.05, 4.69) is 26.2 Å². The van der Waals surface area contributed by atoms with E-state index in [4.69, 9.17) is 5.73 Å². The molecule has 4 nitrogen and oxygen atoms in total. The van der Waals surface area contributed by atoms with E-state index < -0.39 is 0 Å². The predicted octanol–water partition coefficient (Wildman–Crippen LogP) is 3.29. The standard InChI is InChI=1S/C13H14BrN3OS/c1-7-6-19-13(16-7)8(2)17-12(18)10-5-9(15)3-4-11(10)14/h3-6,8H,15H2,1-2H3,(H,17,18). The molecule has 6 heteroatoms. The highest BCUT2D eigenvalue weighted by Crippen LogP contribution is 2.22. The molecule has 0 radical (unpaired) electrons. The SMILES string of the molecule is Cc1csc(C(C)NC(=O)c2cc(N)ccc2Br)n1. The van der Waals surface area contributed by atoms with Gasteiger partial charge >= 0.3 is 0 Å². The van der Waals surface area contributed by atoms with Crippen LogP contribution in [0, 0.1) is 6.92 Å². The van der Waals surface area contributed by atoms with Crippen LogP contribution in [-0.2, 0) is 0 Å². The fraction of sp³-hybridized carbons (Fsp3) is 0.231. The van der Waals surface area contributed by atoms with E-state index in [-0.39, 0.29) is 11.9 Å². The Hall–Kier alpha value is -1.40. The topological polar surface area (TPSA) is 68.0 Å². The van der Waals surface area contributed by atoms with Crippen LogP contribution >= 0.6 is 27.3 Å². The van der Waals surface area contributed by atoms with E-state index in [0.717, 1.165) is 15.2 Å². The van der Waals surface area contributed by atoms with Crippen LogP contribution in [0.5, 0.6) is 0 Å². The molecule has 0 saturated heterocycles. The largest absolute Gasteiger partial charge is 0.399 e. The molecule has 0 spiro atoms. The van der Waals surface area contributed by atoms with Gasteiger partial charge in [-0.25, -0.2) is 4.98 Å². The smallest absolute Gasteiger partial charge is 0.253 e. The maximum absolute atomic E-state index is 12.2. The summed E-state index contributed by atoms with van der Waals surface area (Å²) in [5.74, 6) is -0.167. The van der Waals surface area contributed by atoms with Gasteiger partial charge in [-0.15, -0.1) is 11.3 Å². The van der Waals surface area contributed by atoms with Crippen LogP contribution in [0.4, 0.5) is 5.69 Å². The number of nitrogens with two attached hydrogens (primary N) is 1. The van der Waals surface area contributed by atoms with E-state index >= 15 is 0 Å². The molecule has 100 valence electrons. The third-order valence-corrected chi connectivity index (χ3v) is 4.43. The summed E-state index contributed by atoms with van der Waals surface area (Å²) in [5.41, 5.74) is 7.75. The number of hydrogen-bond acceptors (Lipinski definition) is 4. The molecular formula is C13H14BrN3OS. The van der Waals surface area contributed by atoms with Crippen molar-refractivity contribution in [2.45, 2.75) is 19.9 Å². The minimum Gasteiger partial charge on any atom is -0.399 e. The van der Waals surface area contributed by atoms with Crippen molar-refractivity contribution in [2.75, 3.05) is 5.73 Å². The number of carbonyl (C=O) groups excluding carboxylic acids is 1. The predicted molar refractivity (Wildman–Crippen MR) is 81.3 cm³/mol. The molecule has 1 aromatic carbocycles. The second-order valence-electron chi connectivity index (χ2n) is 4.26. The van der Waals surface area contributed by atoms with E-state index in [0.29, 0.717) is 11.3 Å². The van der Waals surface area contributed by atoms with Crippen LogP contribution < -0.4 is 11.1 Å². The van der Waals surface area contributed by atoms with Crippen LogP contribution in [0.15, 0.2) is 28.1 Å². The number of aryl methyl sites for hydroxylation is 1. The summed E-state index contributed by atoms with van der Waals surface area (Å²) in [7, 11) is 0. The highest BCUT2D eigenvalue weighted by Gasteiger charge is 2.16. The fourth-order valence-corrected chi connectivity index (χ4v) is 2.85. The minimum absolute atomic E-state index is 0.125. The molecule has 0 saturated carbocycles. The first-order chi connectivity index (χ1) is 8.97. The number of nitrogen functional groups attached to an aromatic ring is 1. The van der Waals surface area contributed by atoms with E-state index in [9.17, 15) is 4.79 Å². The monoisotopic (exact) mass is 339 g/mol. The maximum atomic E-state index is 12.2. The Morgan fingerprint density at radius 2 is 2.26 bits per heavy atom. The van der Waals surface area contributed by atoms with Gasteiger partial charge in [-0.1, -0.05) is 0 Å². The third-order valence-electron chi connectivity index (χ3n) is 2.59. The average Bonchev–Trinajstić information content (AvgIpc) is 2.79. The second kappa shape index (κ2) is 5.71. The number of thiazole rings is 1. The van der Waals surface area contributed by atoms with Gasteiger partial charge in [0.05, 0.1) is 11.6 Å². The Balaban J connectivity index is 2.15. The van der Waals surface area contributed by atoms with Gasteiger partial charge in [-0.3, -0.25) is 4.79 Å². The molecule has 19 heavy (non-hydrogen) atoms. The summed E-state index contributed by atoms with van der Waals surface area (Å²) >= 11 is 4.89. The normalized spacial score (nSPS) is 12.2. The molecule has 2 aromatic rings. The first kappa shape index (κ1) is 14.0. The lowest BCUT2D eigenvalue weighted by molar-refractivity contribution is 0.0939. The molecule has 0 aliphatic rings. The van der Waals surface area contributed by atoms with Crippen LogP contribution in [0.2, 0.25) is 0 Å². The van der Waals surface area contributed by atoms with Gasteiger partial charge in [0.1, 0.15) is 5.01 Å². The Bertz CT molecular complexity index is 612. The van der Waals surface area contributed by atoms with Gasteiger partial charge in [0.2, 0.25) is 0 Å². The Morgan fingerprint density at radius 1 is 1.53 bits per heavy atom. The summed E-state index contributed by atoms with van der Waals surface area (Å²) in [4.78, 5) is 16.6. The number of amides is 1. The Morgan fingerprint density at radius 3 is 2.89 bits per heavy atom. The van der Waals surface area contributed by atoms with Crippen molar-refractivity contribution in [1.29, 1.82) is 0 Å². The van der Waals surface area contributed by atoms with Gasteiger partial charge in [0.25, 0.3) is 5.91 Å². The molecule has 0 aliphatic heterocycles. The summed E-state index contributed by atoms with van der Waals surface area (Å²) in [6.45, 7) is 3.85. The number of aromatic nitrogens is 1. The van der Waals surface area contributed by atoms with Crippen molar-refractivity contribution in [1.82, 2.24) is 10.3 Å². The van der Waals surface area contributed by atoms with Crippen molar-refractivity contribution < 1.29 is 4.79 Å². The van der Waals surface area contributed by atoms with Crippen LogP contribution in [0.25, 0.3) is 0 Å². The number of anilines is 1. The first-order valence-corrected chi connectivity index (χ1v) is 7.42. The van der Waals surface area contributed by atoms with Crippen molar-refractivity contribution >= 4 is 38.9 Å². The van der Waals surface area contributed by atoms with Crippen LogP contribution in [-0.4, -0.2) is 10.9 Å². The number of carbonyl (C=O) groups is 1. The molecule has 1 atom stereocenters. The van der Waals surface area contributed by atoms with Gasteiger partial charge < -0.3 is 11.1 Å². The molecule has 0 bridgehead atoms. The molecule has 1 heterocycles. The zero-order valence-electron chi connectivity index (χ0n) is 10.6. The van der Waals surface area contributed by atoms with E-state index in [1.165, 1.54) is 11.3 Å². The Kier molecular flexibility index (Phi) is 4.21. The summed E-state index contributed by atoms with van der Waals surface area (Å²) in [6, 6.07) is 5.04. The number of hydrogen-bond donors (Lipinski definition) is 2. The highest BCUT2D eigenvalue weighted by atomic mass is 79.9. The molecule has 1 unspecified atom stereocenters. The molecule has 1 amide bonds. The Labute approximate surface area is 124 Å². The summed E-state index contributed by atoms with van der Waals surface area (Å²) < 4.78 is 0.724.